The van der Waals surface area contributed by atoms with Gasteiger partial charge in [-0.1, -0.05) is 73.7 Å². The summed E-state index contributed by atoms with van der Waals surface area (Å²) in [5, 5.41) is 0. The van der Waals surface area contributed by atoms with E-state index >= 15 is 0 Å². The zero-order valence-electron chi connectivity index (χ0n) is 28.5. The number of anilines is 6. The molecule has 0 amide bonds. The monoisotopic (exact) mass is 724 g/mol. The van der Waals surface area contributed by atoms with Crippen LogP contribution in [0.4, 0.5) is 47.3 Å². The predicted molar refractivity (Wildman–Crippen MR) is 199 cm³/mol. The molecule has 6 rings (SSSR count). The molecule has 6 aromatic rings. The molecular formula is C41H35F3N2O5S. The first-order valence-corrected chi connectivity index (χ1v) is 17.7. The van der Waals surface area contributed by atoms with Gasteiger partial charge in [-0.05, 0) is 83.8 Å². The summed E-state index contributed by atoms with van der Waals surface area (Å²) in [5.74, 6) is 0.493. The van der Waals surface area contributed by atoms with E-state index < -0.39 is 21.4 Å². The SMILES string of the molecule is CCc1ccccc1-c1cccc(N(c2ccccc2)c2ccc(OS(=O)(=O)C(F)(F)F)cc2N(c2cccc(OC)c2)c2cccc(OC)c2)c1. The Bertz CT molecular complexity index is 2230. The number of methoxy groups -OCH3 is 2. The third-order valence-electron chi connectivity index (χ3n) is 8.37. The van der Waals surface area contributed by atoms with Crippen molar-refractivity contribution in [2.45, 2.75) is 18.9 Å². The molecule has 0 N–H and O–H groups in total. The highest BCUT2D eigenvalue weighted by Gasteiger charge is 2.48. The quantitative estimate of drug-likeness (QED) is 0.0919. The number of hydrogen-bond acceptors (Lipinski definition) is 7. The topological polar surface area (TPSA) is 68.3 Å². The lowest BCUT2D eigenvalue weighted by molar-refractivity contribution is -0.0500. The van der Waals surface area contributed by atoms with Crippen molar-refractivity contribution in [3.8, 4) is 28.4 Å². The normalized spacial score (nSPS) is 11.5. The third-order valence-corrected chi connectivity index (χ3v) is 9.35. The smallest absolute Gasteiger partial charge is 0.497 e. The van der Waals surface area contributed by atoms with Gasteiger partial charge in [0.2, 0.25) is 0 Å². The summed E-state index contributed by atoms with van der Waals surface area (Å²) in [4.78, 5) is 3.74. The second kappa shape index (κ2) is 15.1. The van der Waals surface area contributed by atoms with Crippen LogP contribution >= 0.6 is 0 Å². The Hall–Kier alpha value is -5.94. The molecule has 0 saturated heterocycles. The Morgan fingerprint density at radius 1 is 0.558 bits per heavy atom. The van der Waals surface area contributed by atoms with Crippen molar-refractivity contribution in [2.75, 3.05) is 24.0 Å². The van der Waals surface area contributed by atoms with Crippen molar-refractivity contribution in [3.05, 3.63) is 151 Å². The largest absolute Gasteiger partial charge is 0.534 e. The summed E-state index contributed by atoms with van der Waals surface area (Å²) in [5.41, 5.74) is 0.931. The fourth-order valence-corrected chi connectivity index (χ4v) is 6.40. The van der Waals surface area contributed by atoms with Crippen molar-refractivity contribution < 1.29 is 35.2 Å². The Kier molecular flexibility index (Phi) is 10.4. The first kappa shape index (κ1) is 35.9. The number of alkyl halides is 3. The highest BCUT2D eigenvalue weighted by molar-refractivity contribution is 7.88. The predicted octanol–water partition coefficient (Wildman–Crippen LogP) is 11.1. The second-order valence-corrected chi connectivity index (χ2v) is 13.1. The number of aryl methyl sites for hydroxylation is 1. The van der Waals surface area contributed by atoms with Gasteiger partial charge in [-0.15, -0.1) is 0 Å². The number of benzene rings is 6. The van der Waals surface area contributed by atoms with Crippen LogP contribution in [0.3, 0.4) is 0 Å². The van der Waals surface area contributed by atoms with Crippen molar-refractivity contribution in [1.29, 1.82) is 0 Å². The minimum Gasteiger partial charge on any atom is -0.497 e. The molecule has 0 unspecified atom stereocenters. The number of hydrogen-bond donors (Lipinski definition) is 0. The van der Waals surface area contributed by atoms with Gasteiger partial charge < -0.3 is 23.5 Å². The van der Waals surface area contributed by atoms with Gasteiger partial charge in [-0.25, -0.2) is 0 Å². The Balaban J connectivity index is 1.66. The lowest BCUT2D eigenvalue weighted by Crippen LogP contribution is -2.28. The van der Waals surface area contributed by atoms with Gasteiger partial charge in [-0.2, -0.15) is 21.6 Å². The molecule has 52 heavy (non-hydrogen) atoms. The summed E-state index contributed by atoms with van der Waals surface area (Å²) in [6.07, 6.45) is 0.825. The van der Waals surface area contributed by atoms with Crippen LogP contribution in [0.5, 0.6) is 17.2 Å². The van der Waals surface area contributed by atoms with E-state index in [1.807, 2.05) is 71.6 Å². The minimum atomic E-state index is -6.00. The molecule has 0 bridgehead atoms. The van der Waals surface area contributed by atoms with Gasteiger partial charge in [0.1, 0.15) is 17.2 Å². The first-order valence-electron chi connectivity index (χ1n) is 16.3. The molecule has 7 nitrogen and oxygen atoms in total. The van der Waals surface area contributed by atoms with E-state index in [-0.39, 0.29) is 0 Å². The van der Waals surface area contributed by atoms with Crippen LogP contribution < -0.4 is 23.5 Å². The Labute approximate surface area is 301 Å². The maximum Gasteiger partial charge on any atom is 0.534 e. The zero-order chi connectivity index (χ0) is 36.9. The zero-order valence-corrected chi connectivity index (χ0v) is 29.4. The summed E-state index contributed by atoms with van der Waals surface area (Å²) < 4.78 is 81.2. The Morgan fingerprint density at radius 2 is 1.10 bits per heavy atom. The first-order chi connectivity index (χ1) is 25.0. The standard InChI is InChI=1S/C41H35F3N2O5S/c1-4-29-13-8-9-22-38(29)30-14-10-17-32(25-30)45(31-15-6-5-7-16-31)39-24-23-37(51-52(47,48)41(42,43)44)28-40(39)46(33-18-11-20-35(26-33)49-2)34-19-12-21-36(27-34)50-3/h5-28H,4H2,1-3H3. The lowest BCUT2D eigenvalue weighted by atomic mass is 9.97. The molecule has 11 heteroatoms. The maximum absolute atomic E-state index is 13.6. The number of rotatable bonds is 12. The molecule has 0 fully saturated rings. The molecule has 0 aliphatic heterocycles. The summed E-state index contributed by atoms with van der Waals surface area (Å²) in [7, 11) is -2.95. The van der Waals surface area contributed by atoms with E-state index in [0.717, 1.165) is 28.9 Å². The van der Waals surface area contributed by atoms with E-state index in [1.165, 1.54) is 31.9 Å². The van der Waals surface area contributed by atoms with Crippen LogP contribution in [0.25, 0.3) is 11.1 Å². The second-order valence-electron chi connectivity index (χ2n) is 11.6. The molecule has 0 aliphatic carbocycles. The highest BCUT2D eigenvalue weighted by Crippen LogP contribution is 2.48. The number of para-hydroxylation sites is 1. The van der Waals surface area contributed by atoms with Crippen LogP contribution in [0, 0.1) is 0 Å². The molecule has 0 aliphatic rings. The van der Waals surface area contributed by atoms with E-state index in [0.29, 0.717) is 34.2 Å². The van der Waals surface area contributed by atoms with Crippen molar-refractivity contribution in [2.24, 2.45) is 0 Å². The minimum absolute atomic E-state index is 0.291. The summed E-state index contributed by atoms with van der Waals surface area (Å²) in [6.45, 7) is 2.10. The average Bonchev–Trinajstić information content (AvgIpc) is 3.16. The molecule has 0 aromatic heterocycles. The van der Waals surface area contributed by atoms with E-state index in [2.05, 4.69) is 19.1 Å². The number of ether oxygens (including phenoxy) is 2. The molecule has 0 saturated carbocycles. The summed E-state index contributed by atoms with van der Waals surface area (Å²) in [6, 6.07) is 43.8. The molecule has 0 heterocycles. The number of nitrogens with zero attached hydrogens (tertiary/aromatic N) is 2. The fraction of sp³-hybridized carbons (Fsp3) is 0.122. The highest BCUT2D eigenvalue weighted by atomic mass is 32.2. The van der Waals surface area contributed by atoms with Gasteiger partial charge in [0.15, 0.2) is 0 Å². The van der Waals surface area contributed by atoms with Crippen molar-refractivity contribution >= 4 is 44.2 Å². The number of halogens is 3. The molecular weight excluding hydrogens is 690 g/mol. The molecule has 266 valence electrons. The molecule has 0 atom stereocenters. The van der Waals surface area contributed by atoms with Crippen LogP contribution in [0.15, 0.2) is 146 Å². The van der Waals surface area contributed by atoms with Gasteiger partial charge in [0.05, 0.1) is 25.6 Å². The maximum atomic E-state index is 13.6. The van der Waals surface area contributed by atoms with Gasteiger partial charge in [0.25, 0.3) is 0 Å². The molecule has 0 radical (unpaired) electrons. The van der Waals surface area contributed by atoms with Crippen molar-refractivity contribution in [3.63, 3.8) is 0 Å². The molecule has 0 spiro atoms. The Morgan fingerprint density at radius 3 is 1.69 bits per heavy atom. The van der Waals surface area contributed by atoms with E-state index in [9.17, 15) is 21.6 Å². The van der Waals surface area contributed by atoms with E-state index in [1.54, 1.807) is 59.5 Å². The van der Waals surface area contributed by atoms with E-state index in [4.69, 9.17) is 13.7 Å². The van der Waals surface area contributed by atoms with Gasteiger partial charge in [0, 0.05) is 40.9 Å². The fourth-order valence-electron chi connectivity index (χ4n) is 5.95. The van der Waals surface area contributed by atoms with Gasteiger partial charge >= 0.3 is 15.6 Å². The van der Waals surface area contributed by atoms with Crippen LogP contribution in [0.2, 0.25) is 0 Å². The van der Waals surface area contributed by atoms with Gasteiger partial charge in [-0.3, -0.25) is 0 Å². The molecule has 6 aromatic carbocycles. The average molecular weight is 725 g/mol. The van der Waals surface area contributed by atoms with Crippen molar-refractivity contribution in [1.82, 2.24) is 0 Å². The summed E-state index contributed by atoms with van der Waals surface area (Å²) >= 11 is 0. The third kappa shape index (κ3) is 7.54. The van der Waals surface area contributed by atoms with Crippen LogP contribution in [0.1, 0.15) is 12.5 Å². The van der Waals surface area contributed by atoms with Crippen LogP contribution in [-0.4, -0.2) is 28.1 Å². The lowest BCUT2D eigenvalue weighted by Gasteiger charge is -2.33. The van der Waals surface area contributed by atoms with Crippen LogP contribution in [-0.2, 0) is 16.5 Å².